The second-order valence-corrected chi connectivity index (χ2v) is 3.81. The lowest BCUT2D eigenvalue weighted by molar-refractivity contribution is -0.384. The van der Waals surface area contributed by atoms with Crippen LogP contribution >= 0.6 is 0 Å². The molecule has 0 aliphatic heterocycles. The molecule has 0 fully saturated rings. The zero-order chi connectivity index (χ0) is 13.1. The number of aryl methyl sites for hydroxylation is 2. The lowest BCUT2D eigenvalue weighted by Gasteiger charge is -2.04. The number of nitrogens with zero attached hydrogens (tertiary/aromatic N) is 4. The van der Waals surface area contributed by atoms with Gasteiger partial charge in [0.25, 0.3) is 0 Å². The summed E-state index contributed by atoms with van der Waals surface area (Å²) in [6.07, 6.45) is 2.15. The van der Waals surface area contributed by atoms with E-state index in [1.807, 2.05) is 6.92 Å². The Hall–Kier alpha value is -2.38. The number of hydrogen-bond acceptors (Lipinski definition) is 5. The summed E-state index contributed by atoms with van der Waals surface area (Å²) in [5.41, 5.74) is 1.37. The van der Waals surface area contributed by atoms with E-state index in [9.17, 15) is 10.1 Å². The summed E-state index contributed by atoms with van der Waals surface area (Å²) in [6.45, 7) is 2.28. The highest BCUT2D eigenvalue weighted by atomic mass is 16.6. The maximum Gasteiger partial charge on any atom is 0.333 e. The molecule has 2 aromatic rings. The van der Waals surface area contributed by atoms with Gasteiger partial charge in [0.1, 0.15) is 5.69 Å². The lowest BCUT2D eigenvalue weighted by atomic mass is 10.3. The summed E-state index contributed by atoms with van der Waals surface area (Å²) in [7, 11) is 1.68. The topological polar surface area (TPSA) is 102 Å². The van der Waals surface area contributed by atoms with Gasteiger partial charge < -0.3 is 5.32 Å². The lowest BCUT2D eigenvalue weighted by Crippen LogP contribution is -2.06. The van der Waals surface area contributed by atoms with Gasteiger partial charge in [0.05, 0.1) is 17.2 Å². The highest BCUT2D eigenvalue weighted by molar-refractivity contribution is 5.59. The Morgan fingerprint density at radius 2 is 2.39 bits per heavy atom. The minimum absolute atomic E-state index is 0.0412. The van der Waals surface area contributed by atoms with E-state index in [1.54, 1.807) is 19.3 Å². The van der Waals surface area contributed by atoms with Crippen LogP contribution in [0.15, 0.2) is 12.3 Å². The average Bonchev–Trinajstić information content (AvgIpc) is 2.93. The van der Waals surface area contributed by atoms with Gasteiger partial charge >= 0.3 is 5.69 Å². The van der Waals surface area contributed by atoms with Crippen LogP contribution in [0.25, 0.3) is 0 Å². The first-order valence-electron chi connectivity index (χ1n) is 5.55. The van der Waals surface area contributed by atoms with E-state index < -0.39 is 4.92 Å². The van der Waals surface area contributed by atoms with Crippen molar-refractivity contribution < 1.29 is 4.92 Å². The Balaban J connectivity index is 2.26. The van der Waals surface area contributed by atoms with Crippen LogP contribution in [0.2, 0.25) is 0 Å². The standard InChI is InChI=1S/C10H14N6O2/c1-3-8-9(16(17)18)10(15(2)14-8)11-6-7-4-5-12-13-7/h4-5,11H,3,6H2,1-2H3,(H,12,13). The van der Waals surface area contributed by atoms with Gasteiger partial charge in [-0.15, -0.1) is 0 Å². The Kier molecular flexibility index (Phi) is 3.26. The first-order valence-corrected chi connectivity index (χ1v) is 5.55. The molecule has 0 unspecified atom stereocenters. The molecule has 0 saturated carbocycles. The van der Waals surface area contributed by atoms with Crippen LogP contribution in [0, 0.1) is 10.1 Å². The molecule has 96 valence electrons. The third kappa shape index (κ3) is 2.17. The summed E-state index contributed by atoms with van der Waals surface area (Å²) >= 11 is 0. The maximum atomic E-state index is 11.1. The van der Waals surface area contributed by atoms with Gasteiger partial charge in [-0.3, -0.25) is 15.2 Å². The third-order valence-electron chi connectivity index (χ3n) is 2.61. The van der Waals surface area contributed by atoms with Crippen molar-refractivity contribution in [3.63, 3.8) is 0 Å². The number of nitrogens with one attached hydrogen (secondary N) is 2. The molecule has 8 heteroatoms. The average molecular weight is 250 g/mol. The zero-order valence-electron chi connectivity index (χ0n) is 10.2. The molecular weight excluding hydrogens is 236 g/mol. The number of aromatic amines is 1. The maximum absolute atomic E-state index is 11.1. The number of H-pyrrole nitrogens is 1. The van der Waals surface area contributed by atoms with Crippen molar-refractivity contribution in [1.29, 1.82) is 0 Å². The number of rotatable bonds is 5. The summed E-state index contributed by atoms with van der Waals surface area (Å²) in [5.74, 6) is 0.409. The fourth-order valence-electron chi connectivity index (χ4n) is 1.76. The fourth-order valence-corrected chi connectivity index (χ4v) is 1.76. The smallest absolute Gasteiger partial charge is 0.333 e. The van der Waals surface area contributed by atoms with Crippen LogP contribution in [-0.4, -0.2) is 24.9 Å². The molecule has 2 heterocycles. The molecule has 0 aliphatic rings. The molecule has 2 aromatic heterocycles. The van der Waals surface area contributed by atoms with Gasteiger partial charge in [0.2, 0.25) is 5.82 Å². The Morgan fingerprint density at radius 3 is 2.94 bits per heavy atom. The molecule has 8 nitrogen and oxygen atoms in total. The van der Waals surface area contributed by atoms with Gasteiger partial charge in [-0.1, -0.05) is 6.92 Å². The van der Waals surface area contributed by atoms with Crippen molar-refractivity contribution in [3.05, 3.63) is 33.8 Å². The molecular formula is C10H14N6O2. The molecule has 18 heavy (non-hydrogen) atoms. The van der Waals surface area contributed by atoms with E-state index in [0.29, 0.717) is 24.5 Å². The van der Waals surface area contributed by atoms with E-state index in [0.717, 1.165) is 5.69 Å². The molecule has 0 radical (unpaired) electrons. The van der Waals surface area contributed by atoms with Gasteiger partial charge in [-0.05, 0) is 12.5 Å². The molecule has 0 spiro atoms. The van der Waals surface area contributed by atoms with E-state index >= 15 is 0 Å². The van der Waals surface area contributed by atoms with Crippen LogP contribution in [0.4, 0.5) is 11.5 Å². The number of aromatic nitrogens is 4. The molecule has 2 N–H and O–H groups in total. The summed E-state index contributed by atoms with van der Waals surface area (Å²) in [5, 5.41) is 24.8. The first kappa shape index (κ1) is 12.1. The zero-order valence-corrected chi connectivity index (χ0v) is 10.2. The third-order valence-corrected chi connectivity index (χ3v) is 2.61. The number of hydrogen-bond donors (Lipinski definition) is 2. The quantitative estimate of drug-likeness (QED) is 0.613. The van der Waals surface area contributed by atoms with Gasteiger partial charge in [-0.25, -0.2) is 4.68 Å². The van der Waals surface area contributed by atoms with E-state index in [-0.39, 0.29) is 5.69 Å². The fraction of sp³-hybridized carbons (Fsp3) is 0.400. The van der Waals surface area contributed by atoms with Gasteiger partial charge in [0.15, 0.2) is 0 Å². The van der Waals surface area contributed by atoms with Gasteiger partial charge in [0, 0.05) is 13.2 Å². The van der Waals surface area contributed by atoms with Crippen LogP contribution in [0.1, 0.15) is 18.3 Å². The second kappa shape index (κ2) is 4.86. The number of nitro groups is 1. The van der Waals surface area contributed by atoms with E-state index in [2.05, 4.69) is 20.6 Å². The summed E-state index contributed by atoms with van der Waals surface area (Å²) in [6, 6.07) is 1.80. The van der Waals surface area contributed by atoms with Gasteiger partial charge in [-0.2, -0.15) is 10.2 Å². The molecule has 2 rings (SSSR count). The highest BCUT2D eigenvalue weighted by Crippen LogP contribution is 2.28. The first-order chi connectivity index (χ1) is 8.63. The molecule has 0 aromatic carbocycles. The van der Waals surface area contributed by atoms with Crippen molar-refractivity contribution in [1.82, 2.24) is 20.0 Å². The number of anilines is 1. The largest absolute Gasteiger partial charge is 0.359 e. The van der Waals surface area contributed by atoms with E-state index in [1.165, 1.54) is 4.68 Å². The minimum atomic E-state index is -0.402. The Morgan fingerprint density at radius 1 is 1.61 bits per heavy atom. The van der Waals surface area contributed by atoms with Crippen molar-refractivity contribution >= 4 is 11.5 Å². The molecule has 0 bridgehead atoms. The molecule has 0 amide bonds. The second-order valence-electron chi connectivity index (χ2n) is 3.81. The van der Waals surface area contributed by atoms with Crippen LogP contribution in [-0.2, 0) is 20.0 Å². The minimum Gasteiger partial charge on any atom is -0.359 e. The Bertz CT molecular complexity index is 545. The van der Waals surface area contributed by atoms with Crippen molar-refractivity contribution in [2.75, 3.05) is 5.32 Å². The van der Waals surface area contributed by atoms with Crippen LogP contribution < -0.4 is 5.32 Å². The molecule has 0 saturated heterocycles. The summed E-state index contributed by atoms with van der Waals surface area (Å²) in [4.78, 5) is 10.7. The van der Waals surface area contributed by atoms with Crippen LogP contribution in [0.3, 0.4) is 0 Å². The monoisotopic (exact) mass is 250 g/mol. The predicted octanol–water partition coefficient (Wildman–Crippen LogP) is 1.23. The predicted molar refractivity (Wildman–Crippen MR) is 65.2 cm³/mol. The van der Waals surface area contributed by atoms with E-state index in [4.69, 9.17) is 0 Å². The SMILES string of the molecule is CCc1nn(C)c(NCc2ccn[nH]2)c1[N+](=O)[O-]. The molecule has 0 atom stereocenters. The Labute approximate surface area is 103 Å². The normalized spacial score (nSPS) is 10.6. The van der Waals surface area contributed by atoms with Crippen LogP contribution in [0.5, 0.6) is 0 Å². The molecule has 0 aliphatic carbocycles. The van der Waals surface area contributed by atoms with Crippen molar-refractivity contribution in [2.24, 2.45) is 7.05 Å². The summed E-state index contributed by atoms with van der Waals surface area (Å²) < 4.78 is 1.49. The highest BCUT2D eigenvalue weighted by Gasteiger charge is 2.25. The van der Waals surface area contributed by atoms with Crippen molar-refractivity contribution in [2.45, 2.75) is 19.9 Å². The van der Waals surface area contributed by atoms with Crippen molar-refractivity contribution in [3.8, 4) is 0 Å².